The van der Waals surface area contributed by atoms with Crippen molar-refractivity contribution in [3.63, 3.8) is 0 Å². The summed E-state index contributed by atoms with van der Waals surface area (Å²) in [5, 5.41) is 39.3. The molecule has 1 atom stereocenters. The number of fused-ring (bicyclic) bond motifs is 1. The van der Waals surface area contributed by atoms with Gasteiger partial charge < -0.3 is 30.9 Å². The van der Waals surface area contributed by atoms with Gasteiger partial charge in [-0.15, -0.1) is 0 Å². The highest BCUT2D eigenvalue weighted by Crippen LogP contribution is 2.21. The van der Waals surface area contributed by atoms with Crippen molar-refractivity contribution in [3.05, 3.63) is 106 Å². The molecule has 18 heteroatoms. The first-order valence-corrected chi connectivity index (χ1v) is 17.0. The number of nitrogens with one attached hydrogen (secondary N) is 5. The Kier molecular flexibility index (Phi) is 10.3. The summed E-state index contributed by atoms with van der Waals surface area (Å²) in [4.78, 5) is 50.4. The van der Waals surface area contributed by atoms with Crippen molar-refractivity contribution in [2.45, 2.75) is 25.6 Å². The average molecular weight is 733 g/mol. The number of H-pyrrole nitrogens is 2. The van der Waals surface area contributed by atoms with Gasteiger partial charge in [0.25, 0.3) is 5.91 Å². The summed E-state index contributed by atoms with van der Waals surface area (Å²) >= 11 is 6.14. The van der Waals surface area contributed by atoms with Gasteiger partial charge in [0.15, 0.2) is 5.69 Å². The molecular formula is C35H33ClN14O3. The van der Waals surface area contributed by atoms with Crippen molar-refractivity contribution in [3.8, 4) is 6.07 Å². The number of nitriles is 1. The van der Waals surface area contributed by atoms with Crippen LogP contribution in [0, 0.1) is 11.3 Å². The van der Waals surface area contributed by atoms with Crippen molar-refractivity contribution in [1.82, 2.24) is 50.1 Å². The first-order valence-electron chi connectivity index (χ1n) is 16.6. The number of hydrogen-bond acceptors (Lipinski definition) is 13. The molecule has 0 saturated carbocycles. The van der Waals surface area contributed by atoms with E-state index in [0.717, 1.165) is 22.2 Å². The van der Waals surface area contributed by atoms with Crippen LogP contribution in [0.2, 0.25) is 5.02 Å². The molecule has 1 aliphatic heterocycles. The Balaban J connectivity index is 1.07. The van der Waals surface area contributed by atoms with Crippen LogP contribution in [0.25, 0.3) is 11.0 Å². The number of benzene rings is 3. The van der Waals surface area contributed by atoms with Gasteiger partial charge in [0.05, 0.1) is 35.4 Å². The molecule has 7 rings (SSSR count). The lowest BCUT2D eigenvalue weighted by Crippen LogP contribution is -2.48. The summed E-state index contributed by atoms with van der Waals surface area (Å²) in [6, 6.07) is 20.9. The largest absolute Gasteiger partial charge is 0.480 e. The minimum Gasteiger partial charge on any atom is -0.480 e. The Labute approximate surface area is 307 Å². The fraction of sp³-hybridized carbons (Fsp3) is 0.229. The predicted octanol–water partition coefficient (Wildman–Crippen LogP) is 3.81. The molecule has 1 unspecified atom stereocenters. The molecule has 3 aromatic carbocycles. The van der Waals surface area contributed by atoms with E-state index in [1.165, 1.54) is 6.20 Å². The molecule has 53 heavy (non-hydrogen) atoms. The Bertz CT molecular complexity index is 2260. The van der Waals surface area contributed by atoms with Crippen LogP contribution in [0.1, 0.15) is 33.0 Å². The van der Waals surface area contributed by atoms with E-state index in [1.807, 2.05) is 30.3 Å². The number of rotatable bonds is 13. The van der Waals surface area contributed by atoms with Gasteiger partial charge in [0.2, 0.25) is 17.8 Å². The zero-order valence-electron chi connectivity index (χ0n) is 28.1. The maximum absolute atomic E-state index is 12.7. The molecule has 1 aliphatic rings. The summed E-state index contributed by atoms with van der Waals surface area (Å²) in [5.41, 5.74) is 4.79. The highest BCUT2D eigenvalue weighted by atomic mass is 35.5. The number of hydrogen-bond donors (Lipinski definition) is 6. The van der Waals surface area contributed by atoms with Crippen molar-refractivity contribution < 1.29 is 14.7 Å². The van der Waals surface area contributed by atoms with Crippen LogP contribution in [0.4, 0.5) is 23.5 Å². The van der Waals surface area contributed by atoms with Gasteiger partial charge in [0.1, 0.15) is 11.9 Å². The molecule has 1 fully saturated rings. The minimum absolute atomic E-state index is 0.0385. The van der Waals surface area contributed by atoms with E-state index in [0.29, 0.717) is 60.5 Å². The lowest BCUT2D eigenvalue weighted by molar-refractivity contribution is -0.137. The van der Waals surface area contributed by atoms with Gasteiger partial charge in [-0.1, -0.05) is 35.9 Å². The number of piperazine rings is 1. The molecule has 17 nitrogen and oxygen atoms in total. The summed E-state index contributed by atoms with van der Waals surface area (Å²) in [6.07, 6.45) is 1.54. The topological polar surface area (TPSA) is 230 Å². The molecule has 1 saturated heterocycles. The maximum Gasteiger partial charge on any atom is 0.326 e. The Morgan fingerprint density at radius 2 is 1.74 bits per heavy atom. The lowest BCUT2D eigenvalue weighted by atomic mass is 10.0. The fourth-order valence-corrected chi connectivity index (χ4v) is 6.05. The monoisotopic (exact) mass is 732 g/mol. The van der Waals surface area contributed by atoms with E-state index in [1.54, 1.807) is 41.3 Å². The zero-order chi connectivity index (χ0) is 36.7. The Morgan fingerprint density at radius 3 is 2.49 bits per heavy atom. The first kappa shape index (κ1) is 34.8. The Hall–Kier alpha value is -6.64. The number of anilines is 4. The van der Waals surface area contributed by atoms with Gasteiger partial charge in [-0.05, 0) is 53.6 Å². The van der Waals surface area contributed by atoms with E-state index in [-0.39, 0.29) is 36.7 Å². The summed E-state index contributed by atoms with van der Waals surface area (Å²) in [7, 11) is 0. The Morgan fingerprint density at radius 1 is 0.943 bits per heavy atom. The number of aromatic amines is 2. The third-order valence-electron chi connectivity index (χ3n) is 8.55. The summed E-state index contributed by atoms with van der Waals surface area (Å²) in [6.45, 7) is 3.44. The number of carbonyl (C=O) groups is 2. The molecule has 268 valence electrons. The second-order valence-corrected chi connectivity index (χ2v) is 12.7. The second kappa shape index (κ2) is 15.7. The number of imidazole rings is 1. The maximum atomic E-state index is 12.7. The molecule has 0 spiro atoms. The van der Waals surface area contributed by atoms with Crippen molar-refractivity contribution >= 4 is 58.0 Å². The van der Waals surface area contributed by atoms with Gasteiger partial charge in [-0.3, -0.25) is 9.69 Å². The highest BCUT2D eigenvalue weighted by Gasteiger charge is 2.24. The van der Waals surface area contributed by atoms with E-state index in [4.69, 9.17) is 16.9 Å². The van der Waals surface area contributed by atoms with Crippen molar-refractivity contribution in [1.29, 1.82) is 5.26 Å². The molecule has 4 heterocycles. The molecule has 1 amide bonds. The van der Waals surface area contributed by atoms with Crippen LogP contribution in [0.3, 0.4) is 0 Å². The minimum atomic E-state index is -1.10. The quantitative estimate of drug-likeness (QED) is 0.0992. The number of nitrogens with zero attached hydrogens (tertiary/aromatic N) is 9. The van der Waals surface area contributed by atoms with E-state index in [2.05, 4.69) is 67.3 Å². The van der Waals surface area contributed by atoms with Crippen molar-refractivity contribution in [2.75, 3.05) is 42.1 Å². The third-order valence-corrected chi connectivity index (χ3v) is 8.78. The number of halogens is 1. The van der Waals surface area contributed by atoms with Crippen LogP contribution in [-0.2, 0) is 24.3 Å². The molecule has 6 aromatic rings. The van der Waals surface area contributed by atoms with Gasteiger partial charge >= 0.3 is 5.97 Å². The van der Waals surface area contributed by atoms with Crippen LogP contribution < -0.4 is 16.0 Å². The van der Waals surface area contributed by atoms with Crippen LogP contribution >= 0.6 is 11.6 Å². The second-order valence-electron chi connectivity index (χ2n) is 12.3. The number of carboxylic acids is 1. The standard InChI is InChI=1S/C35H33ClN14O3/c36-24-8-9-26-27(16-24)42-30(41-26)19-38-33-44-34(46-35(45-33)43-28(32(52)53)15-21-4-6-22(17-37)7-5-21)40-25-3-1-2-23(14-25)20-49-10-12-50(13-11-49)31(51)29-18-39-48-47-29/h1-9,14,16,18,28H,10-13,15,19-20H2,(H,41,42)(H,52,53)(H,39,47,48)(H3,38,40,43,44,45,46). The van der Waals surface area contributed by atoms with Crippen LogP contribution in [0.5, 0.6) is 0 Å². The average Bonchev–Trinajstić information content (AvgIpc) is 3.85. The molecule has 3 aromatic heterocycles. The molecule has 0 bridgehead atoms. The number of carbonyl (C=O) groups excluding carboxylic acids is 1. The molecule has 0 aliphatic carbocycles. The fourth-order valence-electron chi connectivity index (χ4n) is 5.87. The third kappa shape index (κ3) is 8.81. The highest BCUT2D eigenvalue weighted by molar-refractivity contribution is 6.31. The van der Waals surface area contributed by atoms with E-state index < -0.39 is 12.0 Å². The summed E-state index contributed by atoms with van der Waals surface area (Å²) < 4.78 is 0. The van der Waals surface area contributed by atoms with Gasteiger partial charge in [-0.2, -0.15) is 35.6 Å². The molecule has 6 N–H and O–H groups in total. The van der Waals surface area contributed by atoms with E-state index >= 15 is 0 Å². The summed E-state index contributed by atoms with van der Waals surface area (Å²) in [5.74, 6) is -0.225. The number of aliphatic carboxylic acids is 1. The van der Waals surface area contributed by atoms with Crippen LogP contribution in [0.15, 0.2) is 72.9 Å². The first-order chi connectivity index (χ1) is 25.8. The zero-order valence-corrected chi connectivity index (χ0v) is 28.9. The van der Waals surface area contributed by atoms with Crippen molar-refractivity contribution in [2.24, 2.45) is 0 Å². The number of amides is 1. The number of aromatic nitrogens is 8. The SMILES string of the molecule is N#Cc1ccc(CC(Nc2nc(NCc3nc4ccc(Cl)cc4[nH]3)nc(Nc3cccc(CN4CCN(C(=O)c5cn[nH]n5)CC4)c3)n2)C(=O)O)cc1. The number of carboxylic acid groups (broad SMARTS) is 1. The normalized spacial score (nSPS) is 13.7. The smallest absolute Gasteiger partial charge is 0.326 e. The van der Waals surface area contributed by atoms with Crippen LogP contribution in [-0.4, -0.2) is 99.3 Å². The molecular weight excluding hydrogens is 700 g/mol. The van der Waals surface area contributed by atoms with E-state index in [9.17, 15) is 14.7 Å². The predicted molar refractivity (Wildman–Crippen MR) is 195 cm³/mol. The van der Waals surface area contributed by atoms with Gasteiger partial charge in [0, 0.05) is 49.9 Å². The van der Waals surface area contributed by atoms with Gasteiger partial charge in [-0.25, -0.2) is 9.78 Å². The lowest BCUT2D eigenvalue weighted by Gasteiger charge is -2.34. The molecule has 0 radical (unpaired) electrons.